The Bertz CT molecular complexity index is 640. The highest BCUT2D eigenvalue weighted by molar-refractivity contribution is 5.89. The summed E-state index contributed by atoms with van der Waals surface area (Å²) in [4.78, 5) is 22.0. The van der Waals surface area contributed by atoms with Crippen LogP contribution in [0.3, 0.4) is 0 Å². The Kier molecular flexibility index (Phi) is 4.44. The fourth-order valence-electron chi connectivity index (χ4n) is 1.66. The van der Waals surface area contributed by atoms with Gasteiger partial charge in [0.05, 0.1) is 12.1 Å². The second-order valence-corrected chi connectivity index (χ2v) is 4.28. The predicted octanol–water partition coefficient (Wildman–Crippen LogP) is 0.567. The highest BCUT2D eigenvalue weighted by Gasteiger charge is 2.07. The average Bonchev–Trinajstić information content (AvgIpc) is 2.94. The molecule has 110 valence electrons. The minimum absolute atomic E-state index is 0.0624. The molecule has 0 spiro atoms. The zero-order valence-corrected chi connectivity index (χ0v) is 11.3. The number of nitrogens with zero attached hydrogens (tertiary/aromatic N) is 4. The number of tetrazole rings is 1. The molecule has 0 atom stereocenters. The van der Waals surface area contributed by atoms with Crippen molar-refractivity contribution >= 4 is 17.7 Å². The maximum atomic E-state index is 11.6. The van der Waals surface area contributed by atoms with E-state index < -0.39 is 12.0 Å². The van der Waals surface area contributed by atoms with Gasteiger partial charge in [0.1, 0.15) is 6.33 Å². The molecule has 0 unspecified atom stereocenters. The molecule has 0 aliphatic heterocycles. The number of carboxylic acid groups (broad SMARTS) is 1. The molecule has 0 aliphatic carbocycles. The summed E-state index contributed by atoms with van der Waals surface area (Å²) >= 11 is 0. The number of carboxylic acids is 1. The lowest BCUT2D eigenvalue weighted by atomic mass is 10.2. The van der Waals surface area contributed by atoms with Crippen LogP contribution in [0.5, 0.6) is 0 Å². The quantitative estimate of drug-likeness (QED) is 0.739. The normalized spacial score (nSPS) is 10.1. The molecule has 0 fully saturated rings. The van der Waals surface area contributed by atoms with Gasteiger partial charge in [-0.2, -0.15) is 0 Å². The van der Waals surface area contributed by atoms with Crippen LogP contribution in [-0.4, -0.2) is 43.9 Å². The number of anilines is 1. The largest absolute Gasteiger partial charge is 0.481 e. The summed E-state index contributed by atoms with van der Waals surface area (Å²) < 4.78 is 1.49. The highest BCUT2D eigenvalue weighted by atomic mass is 16.4. The summed E-state index contributed by atoms with van der Waals surface area (Å²) in [6.45, 7) is 1.96. The lowest BCUT2D eigenvalue weighted by Gasteiger charge is -2.10. The van der Waals surface area contributed by atoms with E-state index >= 15 is 0 Å². The second-order valence-electron chi connectivity index (χ2n) is 4.28. The summed E-state index contributed by atoms with van der Waals surface area (Å²) in [5, 5.41) is 24.5. The SMILES string of the molecule is Cc1ccc(NC(=O)NCCC(=O)O)cc1-n1cnnn1. The van der Waals surface area contributed by atoms with E-state index in [0.717, 1.165) is 11.3 Å². The minimum Gasteiger partial charge on any atom is -0.481 e. The van der Waals surface area contributed by atoms with Gasteiger partial charge in [-0.1, -0.05) is 6.07 Å². The van der Waals surface area contributed by atoms with E-state index in [-0.39, 0.29) is 13.0 Å². The Morgan fingerprint density at radius 2 is 2.19 bits per heavy atom. The predicted molar refractivity (Wildman–Crippen MR) is 73.2 cm³/mol. The van der Waals surface area contributed by atoms with Crippen molar-refractivity contribution in [3.05, 3.63) is 30.1 Å². The monoisotopic (exact) mass is 290 g/mol. The van der Waals surface area contributed by atoms with Crippen LogP contribution in [0.4, 0.5) is 10.5 Å². The Hall–Kier alpha value is -2.97. The van der Waals surface area contributed by atoms with Crippen LogP contribution in [-0.2, 0) is 4.79 Å². The number of amides is 2. The van der Waals surface area contributed by atoms with E-state index in [0.29, 0.717) is 5.69 Å². The van der Waals surface area contributed by atoms with Crippen LogP contribution in [0.1, 0.15) is 12.0 Å². The molecule has 2 aromatic rings. The van der Waals surface area contributed by atoms with Gasteiger partial charge in [0, 0.05) is 12.2 Å². The maximum Gasteiger partial charge on any atom is 0.319 e. The number of carbonyl (C=O) groups is 2. The van der Waals surface area contributed by atoms with Crippen LogP contribution < -0.4 is 10.6 Å². The van der Waals surface area contributed by atoms with E-state index in [2.05, 4.69) is 26.2 Å². The molecule has 9 heteroatoms. The van der Waals surface area contributed by atoms with Gasteiger partial charge in [0.2, 0.25) is 0 Å². The lowest BCUT2D eigenvalue weighted by Crippen LogP contribution is -2.30. The lowest BCUT2D eigenvalue weighted by molar-refractivity contribution is -0.136. The molecule has 21 heavy (non-hydrogen) atoms. The molecule has 1 aromatic carbocycles. The van der Waals surface area contributed by atoms with E-state index in [9.17, 15) is 9.59 Å². The minimum atomic E-state index is -0.966. The topological polar surface area (TPSA) is 122 Å². The van der Waals surface area contributed by atoms with E-state index in [1.165, 1.54) is 11.0 Å². The molecule has 0 bridgehead atoms. The molecule has 1 aromatic heterocycles. The van der Waals surface area contributed by atoms with Gasteiger partial charge in [-0.3, -0.25) is 4.79 Å². The van der Waals surface area contributed by atoms with Crippen molar-refractivity contribution in [3.63, 3.8) is 0 Å². The van der Waals surface area contributed by atoms with Gasteiger partial charge in [-0.05, 0) is 35.0 Å². The first-order valence-electron chi connectivity index (χ1n) is 6.17. The van der Waals surface area contributed by atoms with Crippen LogP contribution in [0, 0.1) is 6.92 Å². The number of urea groups is 1. The van der Waals surface area contributed by atoms with Crippen molar-refractivity contribution in [2.75, 3.05) is 11.9 Å². The molecule has 9 nitrogen and oxygen atoms in total. The van der Waals surface area contributed by atoms with Gasteiger partial charge < -0.3 is 15.7 Å². The molecule has 0 saturated carbocycles. The van der Waals surface area contributed by atoms with Crippen molar-refractivity contribution in [2.45, 2.75) is 13.3 Å². The summed E-state index contributed by atoms with van der Waals surface area (Å²) in [7, 11) is 0. The molecular weight excluding hydrogens is 276 g/mol. The Balaban J connectivity index is 2.03. The summed E-state index contributed by atoms with van der Waals surface area (Å²) in [6.07, 6.45) is 1.33. The zero-order valence-electron chi connectivity index (χ0n) is 11.3. The van der Waals surface area contributed by atoms with Crippen LogP contribution in [0.25, 0.3) is 5.69 Å². The number of benzene rings is 1. The fourth-order valence-corrected chi connectivity index (χ4v) is 1.66. The van der Waals surface area contributed by atoms with Crippen LogP contribution in [0.2, 0.25) is 0 Å². The Morgan fingerprint density at radius 1 is 1.38 bits per heavy atom. The van der Waals surface area contributed by atoms with E-state index in [1.807, 2.05) is 13.0 Å². The molecule has 2 amide bonds. The van der Waals surface area contributed by atoms with Gasteiger partial charge in [0.25, 0.3) is 0 Å². The molecule has 0 saturated heterocycles. The van der Waals surface area contributed by atoms with Gasteiger partial charge in [0.15, 0.2) is 0 Å². The molecule has 2 rings (SSSR count). The highest BCUT2D eigenvalue weighted by Crippen LogP contribution is 2.18. The van der Waals surface area contributed by atoms with E-state index in [4.69, 9.17) is 5.11 Å². The molecule has 0 aliphatic rings. The third-order valence-electron chi connectivity index (χ3n) is 2.69. The smallest absolute Gasteiger partial charge is 0.319 e. The molecule has 0 radical (unpaired) electrons. The number of aryl methyl sites for hydroxylation is 1. The number of aromatic nitrogens is 4. The number of hydrogen-bond donors (Lipinski definition) is 3. The number of nitrogens with one attached hydrogen (secondary N) is 2. The van der Waals surface area contributed by atoms with Crippen molar-refractivity contribution in [1.82, 2.24) is 25.5 Å². The van der Waals surface area contributed by atoms with Gasteiger partial charge in [-0.15, -0.1) is 5.10 Å². The van der Waals surface area contributed by atoms with Crippen molar-refractivity contribution in [2.24, 2.45) is 0 Å². The zero-order chi connectivity index (χ0) is 15.2. The van der Waals surface area contributed by atoms with Crippen LogP contribution >= 0.6 is 0 Å². The van der Waals surface area contributed by atoms with E-state index in [1.54, 1.807) is 12.1 Å². The summed E-state index contributed by atoms with van der Waals surface area (Å²) in [5.41, 5.74) is 2.24. The van der Waals surface area contributed by atoms with Crippen LogP contribution in [0.15, 0.2) is 24.5 Å². The number of aliphatic carboxylic acids is 1. The first-order valence-corrected chi connectivity index (χ1v) is 6.17. The third-order valence-corrected chi connectivity index (χ3v) is 2.69. The standard InChI is InChI=1S/C12H14N6O3/c1-8-2-3-9(6-10(8)18-7-14-16-17-18)15-12(21)13-5-4-11(19)20/h2-3,6-7H,4-5H2,1H3,(H,19,20)(H2,13,15,21). The molecular formula is C12H14N6O3. The van der Waals surface area contributed by atoms with Crippen molar-refractivity contribution in [3.8, 4) is 5.69 Å². The fraction of sp³-hybridized carbons (Fsp3) is 0.250. The second kappa shape index (κ2) is 6.46. The number of rotatable bonds is 5. The number of hydrogen-bond acceptors (Lipinski definition) is 5. The summed E-state index contributed by atoms with van der Waals surface area (Å²) in [5.74, 6) is -0.966. The molecule has 1 heterocycles. The summed E-state index contributed by atoms with van der Waals surface area (Å²) in [6, 6.07) is 4.81. The maximum absolute atomic E-state index is 11.6. The van der Waals surface area contributed by atoms with Gasteiger partial charge in [-0.25, -0.2) is 9.48 Å². The third kappa shape index (κ3) is 4.00. The average molecular weight is 290 g/mol. The Morgan fingerprint density at radius 3 is 2.86 bits per heavy atom. The first-order chi connectivity index (χ1) is 10.1. The van der Waals surface area contributed by atoms with Gasteiger partial charge >= 0.3 is 12.0 Å². The van der Waals surface area contributed by atoms with Crippen molar-refractivity contribution < 1.29 is 14.7 Å². The Labute approximate surface area is 120 Å². The van der Waals surface area contributed by atoms with Crippen molar-refractivity contribution in [1.29, 1.82) is 0 Å². The first kappa shape index (κ1) is 14.4. The molecule has 3 N–H and O–H groups in total. The number of carbonyl (C=O) groups excluding carboxylic acids is 1.